The zero-order chi connectivity index (χ0) is 19.1. The minimum atomic E-state index is -1.07. The zero-order valence-electron chi connectivity index (χ0n) is 14.8. The van der Waals surface area contributed by atoms with E-state index in [0.29, 0.717) is 29.8 Å². The maximum atomic E-state index is 12.3. The normalized spacial score (nSPS) is 10.2. The van der Waals surface area contributed by atoms with Crippen LogP contribution in [0.4, 0.5) is 5.69 Å². The number of aromatic carboxylic acids is 1. The van der Waals surface area contributed by atoms with Crippen LogP contribution in [-0.2, 0) is 11.3 Å². The Hall–Kier alpha value is -3.15. The van der Waals surface area contributed by atoms with E-state index in [4.69, 9.17) is 5.11 Å². The van der Waals surface area contributed by atoms with Gasteiger partial charge < -0.3 is 15.7 Å². The molecule has 0 aliphatic carbocycles. The number of amides is 2. The third-order valence-electron chi connectivity index (χ3n) is 3.75. The van der Waals surface area contributed by atoms with Gasteiger partial charge in [-0.15, -0.1) is 0 Å². The number of carboxylic acid groups (broad SMARTS) is 1. The summed E-state index contributed by atoms with van der Waals surface area (Å²) >= 11 is 0. The topological polar surface area (TPSA) is 95.5 Å². The molecular formula is C20H22N2O4. The SMILES string of the molecule is CCCC(=O)Nc1ccc(CNC(=O)c2cc(C)cc(C(=O)O)c2)cc1. The van der Waals surface area contributed by atoms with Crippen LogP contribution in [0, 0.1) is 6.92 Å². The van der Waals surface area contributed by atoms with Gasteiger partial charge in [-0.05, 0) is 54.8 Å². The van der Waals surface area contributed by atoms with Crippen molar-refractivity contribution in [3.63, 3.8) is 0 Å². The molecule has 2 aromatic rings. The molecule has 0 radical (unpaired) electrons. The first-order valence-corrected chi connectivity index (χ1v) is 8.41. The van der Waals surface area contributed by atoms with Crippen molar-refractivity contribution in [1.29, 1.82) is 0 Å². The molecule has 0 spiro atoms. The monoisotopic (exact) mass is 354 g/mol. The molecule has 26 heavy (non-hydrogen) atoms. The molecule has 6 heteroatoms. The molecule has 2 aromatic carbocycles. The van der Waals surface area contributed by atoms with E-state index in [9.17, 15) is 14.4 Å². The summed E-state index contributed by atoms with van der Waals surface area (Å²) in [4.78, 5) is 34.9. The fourth-order valence-corrected chi connectivity index (χ4v) is 2.48. The smallest absolute Gasteiger partial charge is 0.335 e. The average molecular weight is 354 g/mol. The molecule has 0 fully saturated rings. The minimum Gasteiger partial charge on any atom is -0.478 e. The third kappa shape index (κ3) is 5.44. The summed E-state index contributed by atoms with van der Waals surface area (Å²) < 4.78 is 0. The van der Waals surface area contributed by atoms with E-state index in [1.807, 2.05) is 19.1 Å². The van der Waals surface area contributed by atoms with Crippen molar-refractivity contribution in [2.24, 2.45) is 0 Å². The lowest BCUT2D eigenvalue weighted by atomic mass is 10.1. The number of benzene rings is 2. The molecule has 0 aliphatic heterocycles. The molecule has 0 bridgehead atoms. The van der Waals surface area contributed by atoms with Crippen molar-refractivity contribution in [2.45, 2.75) is 33.2 Å². The second kappa shape index (κ2) is 8.80. The van der Waals surface area contributed by atoms with Gasteiger partial charge in [0, 0.05) is 24.2 Å². The van der Waals surface area contributed by atoms with Gasteiger partial charge in [0.15, 0.2) is 0 Å². The van der Waals surface area contributed by atoms with Gasteiger partial charge in [0.1, 0.15) is 0 Å². The Morgan fingerprint density at radius 2 is 1.65 bits per heavy atom. The van der Waals surface area contributed by atoms with Crippen LogP contribution in [0.5, 0.6) is 0 Å². The molecule has 3 N–H and O–H groups in total. The molecule has 0 atom stereocenters. The van der Waals surface area contributed by atoms with Crippen molar-refractivity contribution < 1.29 is 19.5 Å². The molecule has 0 saturated heterocycles. The van der Waals surface area contributed by atoms with Gasteiger partial charge in [-0.3, -0.25) is 9.59 Å². The molecule has 2 rings (SSSR count). The van der Waals surface area contributed by atoms with E-state index in [1.165, 1.54) is 12.1 Å². The second-order valence-corrected chi connectivity index (χ2v) is 6.07. The van der Waals surface area contributed by atoms with E-state index in [1.54, 1.807) is 25.1 Å². The molecule has 0 heterocycles. The van der Waals surface area contributed by atoms with Crippen LogP contribution in [0.1, 0.15) is 51.6 Å². The van der Waals surface area contributed by atoms with E-state index in [2.05, 4.69) is 10.6 Å². The summed E-state index contributed by atoms with van der Waals surface area (Å²) in [7, 11) is 0. The highest BCUT2D eigenvalue weighted by Crippen LogP contribution is 2.12. The highest BCUT2D eigenvalue weighted by molar-refractivity contribution is 5.97. The first kappa shape index (κ1) is 19.2. The van der Waals surface area contributed by atoms with Crippen LogP contribution in [-0.4, -0.2) is 22.9 Å². The van der Waals surface area contributed by atoms with E-state index in [-0.39, 0.29) is 17.4 Å². The molecule has 2 amide bonds. The van der Waals surface area contributed by atoms with E-state index < -0.39 is 5.97 Å². The standard InChI is InChI=1S/C20H22N2O4/c1-3-4-18(23)22-17-7-5-14(6-8-17)12-21-19(24)15-9-13(2)10-16(11-15)20(25)26/h5-11H,3-4,12H2,1-2H3,(H,21,24)(H,22,23)(H,25,26). The van der Waals surface area contributed by atoms with Crippen molar-refractivity contribution in [3.05, 3.63) is 64.7 Å². The van der Waals surface area contributed by atoms with Crippen molar-refractivity contribution >= 4 is 23.5 Å². The molecular weight excluding hydrogens is 332 g/mol. The summed E-state index contributed by atoms with van der Waals surface area (Å²) in [6, 6.07) is 11.7. The first-order valence-electron chi connectivity index (χ1n) is 8.41. The average Bonchev–Trinajstić information content (AvgIpc) is 2.60. The molecule has 0 unspecified atom stereocenters. The van der Waals surface area contributed by atoms with E-state index in [0.717, 1.165) is 12.0 Å². The molecule has 0 saturated carbocycles. The number of hydrogen-bond acceptors (Lipinski definition) is 3. The fraction of sp³-hybridized carbons (Fsp3) is 0.250. The largest absolute Gasteiger partial charge is 0.478 e. The van der Waals surface area contributed by atoms with Crippen LogP contribution >= 0.6 is 0 Å². The maximum Gasteiger partial charge on any atom is 0.335 e. The Morgan fingerprint density at radius 1 is 1.00 bits per heavy atom. The van der Waals surface area contributed by atoms with Crippen LogP contribution in [0.15, 0.2) is 42.5 Å². The van der Waals surface area contributed by atoms with Crippen LogP contribution in [0.2, 0.25) is 0 Å². The predicted molar refractivity (Wildman–Crippen MR) is 99.3 cm³/mol. The van der Waals surface area contributed by atoms with Crippen molar-refractivity contribution in [2.75, 3.05) is 5.32 Å². The van der Waals surface area contributed by atoms with Gasteiger partial charge in [-0.1, -0.05) is 19.1 Å². The van der Waals surface area contributed by atoms with Gasteiger partial charge in [0.25, 0.3) is 5.91 Å². The van der Waals surface area contributed by atoms with Crippen molar-refractivity contribution in [1.82, 2.24) is 5.32 Å². The maximum absolute atomic E-state index is 12.3. The lowest BCUT2D eigenvalue weighted by Gasteiger charge is -2.09. The summed E-state index contributed by atoms with van der Waals surface area (Å²) in [5.41, 5.74) is 2.69. The summed E-state index contributed by atoms with van der Waals surface area (Å²) in [6.45, 7) is 3.99. The Bertz CT molecular complexity index is 813. The van der Waals surface area contributed by atoms with Gasteiger partial charge in [-0.25, -0.2) is 4.79 Å². The summed E-state index contributed by atoms with van der Waals surface area (Å²) in [6.07, 6.45) is 1.27. The molecule has 0 aromatic heterocycles. The second-order valence-electron chi connectivity index (χ2n) is 6.07. The van der Waals surface area contributed by atoms with Crippen LogP contribution < -0.4 is 10.6 Å². The lowest BCUT2D eigenvalue weighted by Crippen LogP contribution is -2.23. The number of carboxylic acids is 1. The van der Waals surface area contributed by atoms with Gasteiger partial charge in [-0.2, -0.15) is 0 Å². The third-order valence-corrected chi connectivity index (χ3v) is 3.75. The van der Waals surface area contributed by atoms with Gasteiger partial charge >= 0.3 is 5.97 Å². The Kier molecular flexibility index (Phi) is 6.49. The zero-order valence-corrected chi connectivity index (χ0v) is 14.8. The molecule has 0 aliphatic rings. The van der Waals surface area contributed by atoms with Crippen LogP contribution in [0.3, 0.4) is 0 Å². The first-order chi connectivity index (χ1) is 12.4. The Labute approximate surface area is 152 Å². The quantitative estimate of drug-likeness (QED) is 0.710. The summed E-state index contributed by atoms with van der Waals surface area (Å²) in [5, 5.41) is 14.7. The fourth-order valence-electron chi connectivity index (χ4n) is 2.48. The van der Waals surface area contributed by atoms with Crippen LogP contribution in [0.25, 0.3) is 0 Å². The van der Waals surface area contributed by atoms with Gasteiger partial charge in [0.2, 0.25) is 5.91 Å². The lowest BCUT2D eigenvalue weighted by molar-refractivity contribution is -0.116. The number of rotatable bonds is 7. The molecule has 6 nitrogen and oxygen atoms in total. The summed E-state index contributed by atoms with van der Waals surface area (Å²) in [5.74, 6) is -1.43. The number of nitrogens with one attached hydrogen (secondary N) is 2. The van der Waals surface area contributed by atoms with Crippen molar-refractivity contribution in [3.8, 4) is 0 Å². The Morgan fingerprint density at radius 3 is 2.27 bits per heavy atom. The highest BCUT2D eigenvalue weighted by Gasteiger charge is 2.11. The highest BCUT2D eigenvalue weighted by atomic mass is 16.4. The minimum absolute atomic E-state index is 0.0257. The number of hydrogen-bond donors (Lipinski definition) is 3. The number of carbonyl (C=O) groups is 3. The number of anilines is 1. The molecule has 136 valence electrons. The number of carbonyl (C=O) groups excluding carboxylic acids is 2. The Balaban J connectivity index is 1.97. The number of aryl methyl sites for hydroxylation is 1. The predicted octanol–water partition coefficient (Wildman–Crippen LogP) is 3.36. The van der Waals surface area contributed by atoms with Gasteiger partial charge in [0.05, 0.1) is 5.56 Å². The van der Waals surface area contributed by atoms with E-state index >= 15 is 0 Å².